The molecule has 0 bridgehead atoms. The van der Waals surface area contributed by atoms with E-state index in [1.165, 1.54) is 35.2 Å². The summed E-state index contributed by atoms with van der Waals surface area (Å²) in [5.74, 6) is -0.729. The van der Waals surface area contributed by atoms with Gasteiger partial charge >= 0.3 is 0 Å². The Hall–Kier alpha value is -3.07. The predicted molar refractivity (Wildman–Crippen MR) is 164 cm³/mol. The fourth-order valence-electron chi connectivity index (χ4n) is 5.19. The average molecular weight is 617 g/mol. The lowest BCUT2D eigenvalue weighted by molar-refractivity contribution is -0.140. The van der Waals surface area contributed by atoms with Crippen molar-refractivity contribution in [3.63, 3.8) is 0 Å². The minimum atomic E-state index is -4.20. The molecule has 2 amide bonds. The van der Waals surface area contributed by atoms with Gasteiger partial charge in [-0.25, -0.2) is 8.42 Å². The molecule has 3 aromatic rings. The number of halogens is 2. The van der Waals surface area contributed by atoms with E-state index >= 15 is 0 Å². The van der Waals surface area contributed by atoms with E-state index in [-0.39, 0.29) is 29.1 Å². The van der Waals surface area contributed by atoms with Crippen molar-refractivity contribution in [2.24, 2.45) is 0 Å². The highest BCUT2D eigenvalue weighted by molar-refractivity contribution is 7.92. The second-order valence-electron chi connectivity index (χ2n) is 10.4. The highest BCUT2D eigenvalue weighted by Crippen LogP contribution is 2.28. The van der Waals surface area contributed by atoms with Crippen LogP contribution in [-0.2, 0) is 26.2 Å². The summed E-state index contributed by atoms with van der Waals surface area (Å²) < 4.78 is 28.9. The third-order valence-electron chi connectivity index (χ3n) is 7.30. The number of sulfonamides is 1. The molecule has 1 N–H and O–H groups in total. The molecule has 0 aliphatic heterocycles. The number of hydrogen-bond donors (Lipinski definition) is 1. The van der Waals surface area contributed by atoms with Gasteiger partial charge in [-0.05, 0) is 74.2 Å². The molecule has 0 unspecified atom stereocenters. The standard InChI is InChI=1S/C31H35Cl2N3O4S/c1-3-29(31(38)34-26-11-4-5-12-26)35(20-23-9-6-8-22(2)18-23)30(37)21-36(27-13-7-10-25(33)19-27)41(39,40)28-16-14-24(32)15-17-28/h6-10,13-19,26,29H,3-5,11-12,20-21H2,1-2H3,(H,34,38)/t29-/m0/s1. The van der Waals surface area contributed by atoms with E-state index in [0.29, 0.717) is 16.5 Å². The number of nitrogens with one attached hydrogen (secondary N) is 1. The Bertz CT molecular complexity index is 1470. The molecule has 0 saturated heterocycles. The summed E-state index contributed by atoms with van der Waals surface area (Å²) in [4.78, 5) is 29.1. The van der Waals surface area contributed by atoms with Crippen molar-refractivity contribution in [2.45, 2.75) is 69.5 Å². The Morgan fingerprint density at radius 3 is 2.27 bits per heavy atom. The third kappa shape index (κ3) is 7.82. The average Bonchev–Trinajstić information content (AvgIpc) is 3.44. The monoisotopic (exact) mass is 615 g/mol. The second-order valence-corrected chi connectivity index (χ2v) is 13.1. The topological polar surface area (TPSA) is 86.8 Å². The van der Waals surface area contributed by atoms with E-state index in [1.807, 2.05) is 38.1 Å². The Labute approximate surface area is 252 Å². The highest BCUT2D eigenvalue weighted by atomic mass is 35.5. The van der Waals surface area contributed by atoms with E-state index in [1.54, 1.807) is 18.2 Å². The van der Waals surface area contributed by atoms with Crippen molar-refractivity contribution < 1.29 is 18.0 Å². The number of benzene rings is 3. The second kappa shape index (κ2) is 13.7. The summed E-state index contributed by atoms with van der Waals surface area (Å²) in [7, 11) is -4.20. The fourth-order valence-corrected chi connectivity index (χ4v) is 6.90. The molecule has 0 heterocycles. The molecule has 0 radical (unpaired) electrons. The number of aryl methyl sites for hydroxylation is 1. The number of rotatable bonds is 11. The van der Waals surface area contributed by atoms with Gasteiger partial charge in [0.15, 0.2) is 0 Å². The number of carbonyl (C=O) groups excluding carboxylic acids is 2. The van der Waals surface area contributed by atoms with Gasteiger partial charge in [0, 0.05) is 22.6 Å². The molecular weight excluding hydrogens is 581 g/mol. The summed E-state index contributed by atoms with van der Waals surface area (Å²) in [6, 6.07) is 19.1. The van der Waals surface area contributed by atoms with E-state index in [2.05, 4.69) is 5.32 Å². The van der Waals surface area contributed by atoms with Crippen molar-refractivity contribution in [2.75, 3.05) is 10.8 Å². The fraction of sp³-hybridized carbons (Fsp3) is 0.355. The van der Waals surface area contributed by atoms with Crippen LogP contribution in [0.15, 0.2) is 77.7 Å². The minimum absolute atomic E-state index is 0.0223. The van der Waals surface area contributed by atoms with Crippen LogP contribution in [0, 0.1) is 6.92 Å². The maximum atomic E-state index is 14.2. The number of carbonyl (C=O) groups is 2. The zero-order chi connectivity index (χ0) is 29.6. The van der Waals surface area contributed by atoms with E-state index in [9.17, 15) is 18.0 Å². The van der Waals surface area contributed by atoms with Gasteiger partial charge in [0.05, 0.1) is 10.6 Å². The molecule has 1 saturated carbocycles. The molecule has 218 valence electrons. The van der Waals surface area contributed by atoms with Crippen molar-refractivity contribution in [1.29, 1.82) is 0 Å². The van der Waals surface area contributed by atoms with Crippen LogP contribution in [0.2, 0.25) is 10.0 Å². The summed E-state index contributed by atoms with van der Waals surface area (Å²) in [5, 5.41) is 3.83. The van der Waals surface area contributed by atoms with Gasteiger partial charge in [-0.15, -0.1) is 0 Å². The van der Waals surface area contributed by atoms with Crippen molar-refractivity contribution in [3.8, 4) is 0 Å². The summed E-state index contributed by atoms with van der Waals surface area (Å²) in [6.07, 6.45) is 4.32. The summed E-state index contributed by atoms with van der Waals surface area (Å²) >= 11 is 12.2. The van der Waals surface area contributed by atoms with Crippen LogP contribution in [0.1, 0.15) is 50.2 Å². The molecule has 3 aromatic carbocycles. The smallest absolute Gasteiger partial charge is 0.264 e. The number of anilines is 1. The Kier molecular flexibility index (Phi) is 10.3. The van der Waals surface area contributed by atoms with Crippen LogP contribution in [0.4, 0.5) is 5.69 Å². The molecule has 41 heavy (non-hydrogen) atoms. The largest absolute Gasteiger partial charge is 0.352 e. The van der Waals surface area contributed by atoms with E-state index in [4.69, 9.17) is 23.2 Å². The minimum Gasteiger partial charge on any atom is -0.352 e. The number of nitrogens with zero attached hydrogens (tertiary/aromatic N) is 2. The summed E-state index contributed by atoms with van der Waals surface area (Å²) in [5.41, 5.74) is 2.10. The van der Waals surface area contributed by atoms with Gasteiger partial charge in [0.2, 0.25) is 11.8 Å². The Morgan fingerprint density at radius 1 is 0.951 bits per heavy atom. The summed E-state index contributed by atoms with van der Waals surface area (Å²) in [6.45, 7) is 3.44. The van der Waals surface area contributed by atoms with Crippen LogP contribution in [-0.4, -0.2) is 43.8 Å². The Morgan fingerprint density at radius 2 is 1.63 bits per heavy atom. The van der Waals surface area contributed by atoms with Crippen molar-refractivity contribution >= 4 is 50.7 Å². The van der Waals surface area contributed by atoms with Gasteiger partial charge in [-0.1, -0.05) is 78.9 Å². The molecule has 1 aliphatic rings. The zero-order valence-electron chi connectivity index (χ0n) is 23.2. The molecule has 7 nitrogen and oxygen atoms in total. The first-order valence-corrected chi connectivity index (χ1v) is 16.0. The Balaban J connectivity index is 1.71. The van der Waals surface area contributed by atoms with Crippen molar-refractivity contribution in [3.05, 3.63) is 94.0 Å². The normalized spacial score (nSPS) is 14.4. The molecule has 0 spiro atoms. The predicted octanol–water partition coefficient (Wildman–Crippen LogP) is 6.36. The quantitative estimate of drug-likeness (QED) is 0.272. The molecule has 1 fully saturated rings. The lowest BCUT2D eigenvalue weighted by Crippen LogP contribution is -2.53. The van der Waals surface area contributed by atoms with Crippen molar-refractivity contribution in [1.82, 2.24) is 10.2 Å². The van der Waals surface area contributed by atoms with Gasteiger partial charge in [0.25, 0.3) is 10.0 Å². The third-order valence-corrected chi connectivity index (χ3v) is 9.57. The van der Waals surface area contributed by atoms with E-state index in [0.717, 1.165) is 41.1 Å². The van der Waals surface area contributed by atoms with Crippen LogP contribution in [0.25, 0.3) is 0 Å². The zero-order valence-corrected chi connectivity index (χ0v) is 25.6. The molecule has 1 aliphatic carbocycles. The first-order chi connectivity index (χ1) is 19.6. The lowest BCUT2D eigenvalue weighted by atomic mass is 10.1. The molecular formula is C31H35Cl2N3O4S. The highest BCUT2D eigenvalue weighted by Gasteiger charge is 2.34. The molecule has 10 heteroatoms. The SMILES string of the molecule is CC[C@@H](C(=O)NC1CCCC1)N(Cc1cccc(C)c1)C(=O)CN(c1cccc(Cl)c1)S(=O)(=O)c1ccc(Cl)cc1. The van der Waals surface area contributed by atoms with Crippen LogP contribution >= 0.6 is 23.2 Å². The molecule has 1 atom stereocenters. The number of hydrogen-bond acceptors (Lipinski definition) is 4. The maximum absolute atomic E-state index is 14.2. The molecule has 0 aromatic heterocycles. The van der Waals surface area contributed by atoms with Crippen LogP contribution in [0.3, 0.4) is 0 Å². The first-order valence-electron chi connectivity index (χ1n) is 13.8. The maximum Gasteiger partial charge on any atom is 0.264 e. The van der Waals surface area contributed by atoms with Gasteiger partial charge in [0.1, 0.15) is 12.6 Å². The van der Waals surface area contributed by atoms with Crippen LogP contribution in [0.5, 0.6) is 0 Å². The molecule has 4 rings (SSSR count). The van der Waals surface area contributed by atoms with Gasteiger partial charge in [-0.3, -0.25) is 13.9 Å². The van der Waals surface area contributed by atoms with Gasteiger partial charge in [-0.2, -0.15) is 0 Å². The first kappa shape index (κ1) is 30.9. The number of amides is 2. The van der Waals surface area contributed by atoms with E-state index < -0.39 is 28.5 Å². The lowest BCUT2D eigenvalue weighted by Gasteiger charge is -2.34. The van der Waals surface area contributed by atoms with Crippen LogP contribution < -0.4 is 9.62 Å². The van der Waals surface area contributed by atoms with Gasteiger partial charge < -0.3 is 10.2 Å².